The number of carbonyl (C=O) groups excluding carboxylic acids is 1. The summed E-state index contributed by atoms with van der Waals surface area (Å²) in [7, 11) is 4.94. The van der Waals surface area contributed by atoms with Gasteiger partial charge in [-0.05, 0) is 18.2 Å². The highest BCUT2D eigenvalue weighted by molar-refractivity contribution is 5.97. The molecule has 1 N–H and O–H groups in total. The predicted octanol–water partition coefficient (Wildman–Crippen LogP) is 2.52. The van der Waals surface area contributed by atoms with Crippen LogP contribution in [0, 0.1) is 0 Å². The van der Waals surface area contributed by atoms with Crippen LogP contribution in [-0.2, 0) is 0 Å². The summed E-state index contributed by atoms with van der Waals surface area (Å²) >= 11 is 0. The number of carbonyl (C=O) groups is 1. The lowest BCUT2D eigenvalue weighted by molar-refractivity contribution is 0.0824. The number of amides is 1. The normalized spacial score (nSPS) is 10.9. The van der Waals surface area contributed by atoms with Crippen molar-refractivity contribution in [3.63, 3.8) is 0 Å². The van der Waals surface area contributed by atoms with Gasteiger partial charge in [-0.1, -0.05) is 23.4 Å². The van der Waals surface area contributed by atoms with E-state index in [2.05, 4.69) is 20.5 Å². The molecule has 2 aromatic carbocycles. The van der Waals surface area contributed by atoms with Gasteiger partial charge in [0, 0.05) is 25.5 Å². The molecule has 0 radical (unpaired) electrons. The number of ether oxygens (including phenoxy) is 1. The van der Waals surface area contributed by atoms with Gasteiger partial charge in [0.2, 0.25) is 0 Å². The summed E-state index contributed by atoms with van der Waals surface area (Å²) in [5.74, 6) is 0.356. The molecule has 0 unspecified atom stereocenters. The summed E-state index contributed by atoms with van der Waals surface area (Å²) < 4.78 is 7.02. The first-order chi connectivity index (χ1) is 13.1. The second kappa shape index (κ2) is 6.56. The number of nitrogens with zero attached hydrogens (tertiary/aromatic N) is 5. The fraction of sp³-hybridized carbons (Fsp3) is 0.158. The zero-order valence-electron chi connectivity index (χ0n) is 15.2. The second-order valence-corrected chi connectivity index (χ2v) is 6.25. The largest absolute Gasteiger partial charge is 0.496 e. The minimum absolute atomic E-state index is 0.124. The van der Waals surface area contributed by atoms with Crippen LogP contribution in [0.25, 0.3) is 28.0 Å². The molecule has 0 fully saturated rings. The van der Waals surface area contributed by atoms with E-state index in [1.807, 2.05) is 24.3 Å². The van der Waals surface area contributed by atoms with E-state index in [-0.39, 0.29) is 5.91 Å². The lowest BCUT2D eigenvalue weighted by atomic mass is 10.1. The zero-order chi connectivity index (χ0) is 19.0. The number of methoxy groups -OCH3 is 1. The van der Waals surface area contributed by atoms with Crippen molar-refractivity contribution in [3.05, 3.63) is 54.2 Å². The van der Waals surface area contributed by atoms with Gasteiger partial charge < -0.3 is 9.64 Å². The molecule has 2 heterocycles. The van der Waals surface area contributed by atoms with Gasteiger partial charge in [-0.15, -0.1) is 5.10 Å². The maximum absolute atomic E-state index is 12.3. The van der Waals surface area contributed by atoms with Gasteiger partial charge in [-0.3, -0.25) is 9.89 Å². The van der Waals surface area contributed by atoms with Gasteiger partial charge in [0.05, 0.1) is 30.1 Å². The monoisotopic (exact) mass is 362 g/mol. The molecular formula is C19H18N6O2. The topological polar surface area (TPSA) is 88.9 Å². The van der Waals surface area contributed by atoms with Crippen molar-refractivity contribution in [2.75, 3.05) is 21.2 Å². The average molecular weight is 362 g/mol. The van der Waals surface area contributed by atoms with Crippen LogP contribution in [0.2, 0.25) is 0 Å². The number of aromatic nitrogens is 5. The van der Waals surface area contributed by atoms with Crippen molar-refractivity contribution < 1.29 is 9.53 Å². The Hall–Kier alpha value is -3.68. The molecule has 0 aliphatic heterocycles. The molecule has 0 aliphatic rings. The van der Waals surface area contributed by atoms with Gasteiger partial charge in [0.25, 0.3) is 5.91 Å². The van der Waals surface area contributed by atoms with Crippen molar-refractivity contribution in [1.82, 2.24) is 30.1 Å². The maximum Gasteiger partial charge on any atom is 0.257 e. The Bertz CT molecular complexity index is 1130. The van der Waals surface area contributed by atoms with Crippen molar-refractivity contribution in [2.45, 2.75) is 0 Å². The third kappa shape index (κ3) is 2.91. The molecule has 4 rings (SSSR count). The number of hydrogen-bond donors (Lipinski definition) is 1. The summed E-state index contributed by atoms with van der Waals surface area (Å²) in [6.07, 6.45) is 1.80. The van der Waals surface area contributed by atoms with E-state index in [9.17, 15) is 4.79 Å². The van der Waals surface area contributed by atoms with Gasteiger partial charge in [0.15, 0.2) is 0 Å². The first-order valence-corrected chi connectivity index (χ1v) is 8.34. The smallest absolute Gasteiger partial charge is 0.257 e. The third-order valence-electron chi connectivity index (χ3n) is 4.29. The molecule has 8 nitrogen and oxygen atoms in total. The molecule has 0 aliphatic carbocycles. The standard InChI is InChI=1S/C19H18N6O2/c1-24(2)19(26)14-9-8-12(10-17(14)27-3)25-11-16(21-23-25)18-13-6-4-5-7-15(13)20-22-18/h4-11H,1-3H3,(H,20,22). The lowest BCUT2D eigenvalue weighted by Crippen LogP contribution is -2.22. The Morgan fingerprint density at radius 1 is 1.19 bits per heavy atom. The predicted molar refractivity (Wildman–Crippen MR) is 101 cm³/mol. The summed E-state index contributed by atoms with van der Waals surface area (Å²) in [5.41, 5.74) is 3.56. The van der Waals surface area contributed by atoms with E-state index in [1.165, 1.54) is 12.0 Å². The summed E-state index contributed by atoms with van der Waals surface area (Å²) in [4.78, 5) is 13.8. The molecule has 27 heavy (non-hydrogen) atoms. The molecular weight excluding hydrogens is 344 g/mol. The zero-order valence-corrected chi connectivity index (χ0v) is 15.2. The quantitative estimate of drug-likeness (QED) is 0.603. The minimum atomic E-state index is -0.124. The maximum atomic E-state index is 12.3. The van der Waals surface area contributed by atoms with Crippen LogP contribution in [0.5, 0.6) is 5.75 Å². The van der Waals surface area contributed by atoms with E-state index >= 15 is 0 Å². The Balaban J connectivity index is 1.72. The first-order valence-electron chi connectivity index (χ1n) is 8.34. The first kappa shape index (κ1) is 16.8. The summed E-state index contributed by atoms with van der Waals surface area (Å²) in [5, 5.41) is 16.8. The molecule has 4 aromatic rings. The van der Waals surface area contributed by atoms with Crippen molar-refractivity contribution in [2.24, 2.45) is 0 Å². The summed E-state index contributed by atoms with van der Waals surface area (Å²) in [6, 6.07) is 13.1. The molecule has 0 atom stereocenters. The van der Waals surface area contributed by atoms with Crippen molar-refractivity contribution in [1.29, 1.82) is 0 Å². The van der Waals surface area contributed by atoms with E-state index in [1.54, 1.807) is 43.2 Å². The number of benzene rings is 2. The Morgan fingerprint density at radius 2 is 2.00 bits per heavy atom. The molecule has 0 saturated heterocycles. The van der Waals surface area contributed by atoms with Crippen LogP contribution >= 0.6 is 0 Å². The number of aromatic amines is 1. The number of fused-ring (bicyclic) bond motifs is 1. The van der Waals surface area contributed by atoms with Gasteiger partial charge >= 0.3 is 0 Å². The molecule has 8 heteroatoms. The minimum Gasteiger partial charge on any atom is -0.496 e. The van der Waals surface area contributed by atoms with E-state index in [0.717, 1.165) is 22.3 Å². The molecule has 1 amide bonds. The molecule has 2 aromatic heterocycles. The highest BCUT2D eigenvalue weighted by atomic mass is 16.5. The lowest BCUT2D eigenvalue weighted by Gasteiger charge is -2.14. The Morgan fingerprint density at radius 3 is 2.78 bits per heavy atom. The average Bonchev–Trinajstić information content (AvgIpc) is 3.33. The fourth-order valence-corrected chi connectivity index (χ4v) is 2.90. The Kier molecular flexibility index (Phi) is 4.08. The number of hydrogen-bond acceptors (Lipinski definition) is 5. The molecule has 136 valence electrons. The molecule has 0 saturated carbocycles. The van der Waals surface area contributed by atoms with Gasteiger partial charge in [-0.2, -0.15) is 5.10 Å². The van der Waals surface area contributed by atoms with E-state index in [0.29, 0.717) is 17.0 Å². The van der Waals surface area contributed by atoms with E-state index in [4.69, 9.17) is 4.74 Å². The third-order valence-corrected chi connectivity index (χ3v) is 4.29. The van der Waals surface area contributed by atoms with Crippen LogP contribution in [-0.4, -0.2) is 57.2 Å². The molecule has 0 spiro atoms. The van der Waals surface area contributed by atoms with Crippen molar-refractivity contribution in [3.8, 4) is 22.8 Å². The number of H-pyrrole nitrogens is 1. The van der Waals surface area contributed by atoms with Crippen LogP contribution in [0.1, 0.15) is 10.4 Å². The van der Waals surface area contributed by atoms with Crippen LogP contribution in [0.3, 0.4) is 0 Å². The molecule has 0 bridgehead atoms. The van der Waals surface area contributed by atoms with Gasteiger partial charge in [-0.25, -0.2) is 4.68 Å². The number of rotatable bonds is 4. The SMILES string of the molecule is COc1cc(-n2cc(-c3n[nH]c4ccccc34)nn2)ccc1C(=O)N(C)C. The highest BCUT2D eigenvalue weighted by Crippen LogP contribution is 2.26. The fourth-order valence-electron chi connectivity index (χ4n) is 2.90. The van der Waals surface area contributed by atoms with Crippen LogP contribution in [0.15, 0.2) is 48.7 Å². The summed E-state index contributed by atoms with van der Waals surface area (Å²) in [6.45, 7) is 0. The van der Waals surface area contributed by atoms with Crippen LogP contribution < -0.4 is 4.74 Å². The van der Waals surface area contributed by atoms with Gasteiger partial charge in [0.1, 0.15) is 17.1 Å². The van der Waals surface area contributed by atoms with Crippen LogP contribution in [0.4, 0.5) is 0 Å². The van der Waals surface area contributed by atoms with E-state index < -0.39 is 0 Å². The number of nitrogens with one attached hydrogen (secondary N) is 1. The second-order valence-electron chi connectivity index (χ2n) is 6.25. The highest BCUT2D eigenvalue weighted by Gasteiger charge is 2.17. The number of para-hydroxylation sites is 1. The Labute approximate surface area is 155 Å². The van der Waals surface area contributed by atoms with Crippen molar-refractivity contribution >= 4 is 16.8 Å².